The van der Waals surface area contributed by atoms with Gasteiger partial charge in [0.1, 0.15) is 5.54 Å². The fraction of sp³-hybridized carbons (Fsp3) is 0.643. The summed E-state index contributed by atoms with van der Waals surface area (Å²) in [6.45, 7) is 10.6. The first kappa shape index (κ1) is 66.2. The van der Waals surface area contributed by atoms with Gasteiger partial charge in [-0.25, -0.2) is 25.1 Å². The number of carbonyl (C=O) groups is 6. The number of ether oxygens (including phenoxy) is 12. The van der Waals surface area contributed by atoms with Crippen molar-refractivity contribution in [3.8, 4) is 0 Å². The van der Waals surface area contributed by atoms with Crippen LogP contribution < -0.4 is 27.1 Å². The number of hydrazine groups is 1. The van der Waals surface area contributed by atoms with Crippen molar-refractivity contribution in [1.29, 1.82) is 0 Å². The SMILES string of the molecule is N/C(=C\N(N)CCOCCOCCOCCOCCOCCOCCOCCOCCOCCOCCOCCOCCC(=O)ON1C(=O)CCC1=O)c1cccc(NC(=O)N2CCC3(CC2)NC(=O)N(c2ccc(C4CC4)cc2)C3=O)c1. The minimum absolute atomic E-state index is 0.0487. The largest absolute Gasteiger partial charge is 0.397 e. The quantitative estimate of drug-likeness (QED) is 0.0243. The number of rotatable bonds is 45. The van der Waals surface area contributed by atoms with Gasteiger partial charge in [0.2, 0.25) is 0 Å². The minimum atomic E-state index is -1.04. The Labute approximate surface area is 484 Å². The van der Waals surface area contributed by atoms with Crippen molar-refractivity contribution in [2.24, 2.45) is 11.6 Å². The number of imide groups is 2. The summed E-state index contributed by atoms with van der Waals surface area (Å²) in [5.41, 5.74) is 8.71. The minimum Gasteiger partial charge on any atom is -0.397 e. The number of carbonyl (C=O) groups excluding carboxylic acids is 6. The molecule has 0 radical (unpaired) electrons. The number of hydrogen-bond donors (Lipinski definition) is 4. The Bertz CT molecular complexity index is 2290. The van der Waals surface area contributed by atoms with Crippen LogP contribution in [-0.2, 0) is 80.9 Å². The van der Waals surface area contributed by atoms with Gasteiger partial charge in [0, 0.05) is 43.4 Å². The zero-order chi connectivity index (χ0) is 58.7. The molecular formula is C56H84N8O19. The van der Waals surface area contributed by atoms with Gasteiger partial charge >= 0.3 is 18.0 Å². The number of hydroxylamine groups is 2. The predicted octanol–water partition coefficient (Wildman–Crippen LogP) is 2.32. The van der Waals surface area contributed by atoms with Gasteiger partial charge in [0.25, 0.3) is 17.7 Å². The summed E-state index contributed by atoms with van der Waals surface area (Å²) < 4.78 is 66.0. The number of piperidine rings is 1. The molecule has 27 heteroatoms. The van der Waals surface area contributed by atoms with Gasteiger partial charge in [-0.2, -0.15) is 0 Å². The van der Waals surface area contributed by atoms with Crippen molar-refractivity contribution in [1.82, 2.24) is 20.3 Å². The third kappa shape index (κ3) is 24.7. The fourth-order valence-electron chi connectivity index (χ4n) is 8.55. The molecule has 1 saturated carbocycles. The van der Waals surface area contributed by atoms with Crippen molar-refractivity contribution in [3.05, 3.63) is 65.9 Å². The molecule has 0 aromatic heterocycles. The highest BCUT2D eigenvalue weighted by Gasteiger charge is 2.53. The lowest BCUT2D eigenvalue weighted by molar-refractivity contribution is -0.198. The average molecular weight is 1170 g/mol. The molecule has 6 rings (SSSR count). The number of nitrogens with two attached hydrogens (primary N) is 2. The van der Waals surface area contributed by atoms with Crippen LogP contribution in [0.4, 0.5) is 21.0 Å². The molecule has 0 unspecified atom stereocenters. The number of amides is 7. The Morgan fingerprint density at radius 3 is 1.48 bits per heavy atom. The average Bonchev–Trinajstić information content (AvgIpc) is 3.06. The van der Waals surface area contributed by atoms with Crippen LogP contribution >= 0.6 is 0 Å². The molecular weight excluding hydrogens is 1090 g/mol. The second-order valence-electron chi connectivity index (χ2n) is 19.5. The van der Waals surface area contributed by atoms with E-state index in [4.69, 9.17) is 73.3 Å². The highest BCUT2D eigenvalue weighted by atomic mass is 16.7. The van der Waals surface area contributed by atoms with E-state index in [0.29, 0.717) is 211 Å². The second-order valence-corrected chi connectivity index (χ2v) is 19.5. The molecule has 27 nitrogen and oxygen atoms in total. The van der Waals surface area contributed by atoms with E-state index in [2.05, 4.69) is 10.6 Å². The number of nitrogens with one attached hydrogen (secondary N) is 2. The number of anilines is 2. The summed E-state index contributed by atoms with van der Waals surface area (Å²) in [5, 5.41) is 7.80. The van der Waals surface area contributed by atoms with Gasteiger partial charge in [-0.3, -0.25) is 14.4 Å². The molecule has 0 atom stereocenters. The predicted molar refractivity (Wildman–Crippen MR) is 298 cm³/mol. The van der Waals surface area contributed by atoms with Crippen LogP contribution in [0.5, 0.6) is 0 Å². The van der Waals surface area contributed by atoms with E-state index < -0.39 is 29.4 Å². The summed E-state index contributed by atoms with van der Waals surface area (Å²) in [6.07, 6.45) is 4.56. The van der Waals surface area contributed by atoms with Crippen molar-refractivity contribution in [3.63, 3.8) is 0 Å². The van der Waals surface area contributed by atoms with E-state index in [0.717, 1.165) is 0 Å². The van der Waals surface area contributed by atoms with Gasteiger partial charge in [-0.15, -0.1) is 5.06 Å². The lowest BCUT2D eigenvalue weighted by atomic mass is 9.87. The second kappa shape index (κ2) is 38.1. The first-order chi connectivity index (χ1) is 40.5. The molecule has 0 bridgehead atoms. The van der Waals surface area contributed by atoms with Crippen LogP contribution in [0.1, 0.15) is 62.0 Å². The standard InChI is InChI=1S/C56H84N8O19/c57-49(46-2-1-3-47(42-46)59-54(69)61-15-13-56(14-16-61)53(68)63(55(70)60-56)48-8-6-45(7-9-48)44-4-5-44)43-62(58)17-19-72-21-23-74-25-27-76-29-31-78-33-35-80-37-39-82-41-40-81-38-36-79-34-32-77-30-28-75-26-24-73-22-20-71-18-12-52(67)83-64-50(65)10-11-51(64)66/h1-3,6-9,42-44H,4-5,10-41,57-58H2,(H,59,69)(H,60,70)/b49-43-. The molecule has 3 saturated heterocycles. The summed E-state index contributed by atoms with van der Waals surface area (Å²) in [4.78, 5) is 82.1. The van der Waals surface area contributed by atoms with E-state index in [1.54, 1.807) is 29.3 Å². The van der Waals surface area contributed by atoms with Crippen LogP contribution in [0, 0.1) is 0 Å². The number of hydrogen-bond acceptors (Lipinski definition) is 22. The molecule has 4 fully saturated rings. The molecule has 6 N–H and O–H groups in total. The Morgan fingerprint density at radius 1 is 0.602 bits per heavy atom. The third-order valence-corrected chi connectivity index (χ3v) is 13.3. The Morgan fingerprint density at radius 2 is 1.04 bits per heavy atom. The van der Waals surface area contributed by atoms with Crippen molar-refractivity contribution < 1.29 is 90.4 Å². The number of benzene rings is 2. The molecule has 3 aliphatic heterocycles. The summed E-state index contributed by atoms with van der Waals surface area (Å²) in [5.74, 6) is 4.71. The van der Waals surface area contributed by atoms with E-state index >= 15 is 0 Å². The maximum Gasteiger partial charge on any atom is 0.335 e. The highest BCUT2D eigenvalue weighted by molar-refractivity contribution is 6.23. The molecule has 1 aliphatic carbocycles. The van der Waals surface area contributed by atoms with E-state index in [-0.39, 0.29) is 44.4 Å². The summed E-state index contributed by atoms with van der Waals surface area (Å²) in [7, 11) is 0. The number of likely N-dealkylation sites (tertiary alicyclic amines) is 1. The molecule has 83 heavy (non-hydrogen) atoms. The number of urea groups is 2. The van der Waals surface area contributed by atoms with Gasteiger partial charge < -0.3 is 88.0 Å². The lowest BCUT2D eigenvalue weighted by Gasteiger charge is -2.37. The fourth-order valence-corrected chi connectivity index (χ4v) is 8.55. The van der Waals surface area contributed by atoms with Gasteiger partial charge in [0.05, 0.1) is 183 Å². The van der Waals surface area contributed by atoms with Gasteiger partial charge in [-0.1, -0.05) is 24.3 Å². The maximum atomic E-state index is 13.6. The monoisotopic (exact) mass is 1170 g/mol. The topological polar surface area (TPSA) is 311 Å². The van der Waals surface area contributed by atoms with Crippen LogP contribution in [0.25, 0.3) is 5.70 Å². The normalized spacial score (nSPS) is 16.2. The number of nitrogens with zero attached hydrogens (tertiary/aromatic N) is 4. The smallest absolute Gasteiger partial charge is 0.335 e. The molecule has 3 heterocycles. The molecule has 4 aliphatic rings. The first-order valence-electron chi connectivity index (χ1n) is 28.4. The highest BCUT2D eigenvalue weighted by Crippen LogP contribution is 2.41. The van der Waals surface area contributed by atoms with Crippen LogP contribution in [0.15, 0.2) is 54.7 Å². The van der Waals surface area contributed by atoms with Crippen LogP contribution in [0.3, 0.4) is 0 Å². The zero-order valence-electron chi connectivity index (χ0n) is 47.5. The zero-order valence-corrected chi connectivity index (χ0v) is 47.5. The first-order valence-corrected chi connectivity index (χ1v) is 28.4. The molecule has 1 spiro atoms. The van der Waals surface area contributed by atoms with E-state index in [1.165, 1.54) is 28.3 Å². The molecule has 2 aromatic carbocycles. The van der Waals surface area contributed by atoms with Crippen LogP contribution in [0.2, 0.25) is 0 Å². The van der Waals surface area contributed by atoms with Crippen molar-refractivity contribution in [2.45, 2.75) is 56.4 Å². The molecule has 462 valence electrons. The summed E-state index contributed by atoms with van der Waals surface area (Å²) >= 11 is 0. The van der Waals surface area contributed by atoms with Crippen LogP contribution in [-0.4, -0.2) is 234 Å². The van der Waals surface area contributed by atoms with Gasteiger partial charge in [0.15, 0.2) is 0 Å². The summed E-state index contributed by atoms with van der Waals surface area (Å²) in [6, 6.07) is 14.0. The van der Waals surface area contributed by atoms with Crippen molar-refractivity contribution >= 4 is 52.8 Å². The Hall–Kier alpha value is -5.92. The Kier molecular flexibility index (Phi) is 30.4. The van der Waals surface area contributed by atoms with E-state index in [1.807, 2.05) is 30.3 Å². The van der Waals surface area contributed by atoms with Gasteiger partial charge in [-0.05, 0) is 61.4 Å². The molecule has 7 amide bonds. The third-order valence-electron chi connectivity index (χ3n) is 13.3. The van der Waals surface area contributed by atoms with E-state index in [9.17, 15) is 28.8 Å². The van der Waals surface area contributed by atoms with Crippen molar-refractivity contribution in [2.75, 3.05) is 188 Å². The lowest BCUT2D eigenvalue weighted by Crippen LogP contribution is -2.56. The molecule has 2 aromatic rings. The maximum absolute atomic E-state index is 13.6. The Balaban J connectivity index is 0.627.